The molecule has 1 atom stereocenters. The van der Waals surface area contributed by atoms with Crippen LogP contribution in [0.5, 0.6) is 0 Å². The van der Waals surface area contributed by atoms with Crippen LogP contribution >= 0.6 is 11.3 Å². The van der Waals surface area contributed by atoms with E-state index in [1.807, 2.05) is 29.1 Å². The van der Waals surface area contributed by atoms with E-state index in [9.17, 15) is 4.39 Å². The van der Waals surface area contributed by atoms with Crippen molar-refractivity contribution in [1.82, 2.24) is 14.4 Å². The second-order valence-electron chi connectivity index (χ2n) is 4.87. The summed E-state index contributed by atoms with van der Waals surface area (Å²) in [4.78, 5) is 9.62. The number of fused-ring (bicyclic) bond motifs is 1. The van der Waals surface area contributed by atoms with E-state index >= 15 is 0 Å². The summed E-state index contributed by atoms with van der Waals surface area (Å²) in [5, 5.41) is 1.99. The summed E-state index contributed by atoms with van der Waals surface area (Å²) >= 11 is 1.59. The van der Waals surface area contributed by atoms with E-state index in [-0.39, 0.29) is 5.82 Å². The first-order chi connectivity index (χ1) is 9.60. The molecule has 0 aliphatic rings. The molecule has 0 saturated carbocycles. The molecule has 6 heteroatoms. The lowest BCUT2D eigenvalue weighted by Gasteiger charge is -2.26. The summed E-state index contributed by atoms with van der Waals surface area (Å²) in [5.74, 6) is -0.352. The maximum Gasteiger partial charge on any atom is 0.193 e. The Morgan fingerprint density at radius 1 is 1.45 bits per heavy atom. The van der Waals surface area contributed by atoms with Crippen molar-refractivity contribution in [1.29, 1.82) is 0 Å². The van der Waals surface area contributed by atoms with Gasteiger partial charge in [-0.25, -0.2) is 9.37 Å². The summed E-state index contributed by atoms with van der Waals surface area (Å²) in [6.07, 6.45) is 6.44. The van der Waals surface area contributed by atoms with Crippen molar-refractivity contribution in [2.45, 2.75) is 25.3 Å². The third-order valence-corrected chi connectivity index (χ3v) is 4.28. The largest absolute Gasteiger partial charge is 0.320 e. The van der Waals surface area contributed by atoms with Gasteiger partial charge in [-0.2, -0.15) is 0 Å². The van der Waals surface area contributed by atoms with Gasteiger partial charge in [0.05, 0.1) is 23.1 Å². The fourth-order valence-corrected chi connectivity index (χ4v) is 2.97. The van der Waals surface area contributed by atoms with E-state index < -0.39 is 5.54 Å². The topological polar surface area (TPSA) is 56.2 Å². The predicted molar refractivity (Wildman–Crippen MR) is 77.1 cm³/mol. The van der Waals surface area contributed by atoms with Crippen molar-refractivity contribution in [3.8, 4) is 0 Å². The molecule has 4 nitrogen and oxygen atoms in total. The second-order valence-corrected chi connectivity index (χ2v) is 5.75. The molecule has 3 aromatic heterocycles. The van der Waals surface area contributed by atoms with Gasteiger partial charge in [0, 0.05) is 24.2 Å². The van der Waals surface area contributed by atoms with Crippen LogP contribution in [-0.4, -0.2) is 14.4 Å². The Hall–Kier alpha value is -1.79. The summed E-state index contributed by atoms with van der Waals surface area (Å²) < 4.78 is 15.0. The third-order valence-electron chi connectivity index (χ3n) is 3.51. The Morgan fingerprint density at radius 2 is 2.30 bits per heavy atom. The van der Waals surface area contributed by atoms with Crippen molar-refractivity contribution >= 4 is 16.3 Å². The fourth-order valence-electron chi connectivity index (χ4n) is 2.25. The average Bonchev–Trinajstić information content (AvgIpc) is 3.00. The van der Waals surface area contributed by atoms with Crippen molar-refractivity contribution < 1.29 is 4.39 Å². The molecule has 104 valence electrons. The molecular weight excluding hydrogens is 275 g/mol. The Kier molecular flexibility index (Phi) is 3.27. The first-order valence-electron chi connectivity index (χ1n) is 6.43. The maximum absolute atomic E-state index is 13.0. The zero-order valence-electron chi connectivity index (χ0n) is 11.1. The molecule has 0 bridgehead atoms. The molecule has 3 rings (SSSR count). The normalized spacial score (nSPS) is 14.6. The SMILES string of the molecule is CCC(N)(Cc1cn2ccsc2n1)c1ccc(F)cn1. The fraction of sp³-hybridized carbons (Fsp3) is 0.286. The molecule has 3 heterocycles. The smallest absolute Gasteiger partial charge is 0.193 e. The molecule has 0 fully saturated rings. The molecule has 2 N–H and O–H groups in total. The van der Waals surface area contributed by atoms with Gasteiger partial charge in [0.25, 0.3) is 0 Å². The van der Waals surface area contributed by atoms with Crippen LogP contribution in [0.2, 0.25) is 0 Å². The lowest BCUT2D eigenvalue weighted by Crippen LogP contribution is -2.39. The van der Waals surface area contributed by atoms with Crippen LogP contribution in [0, 0.1) is 5.82 Å². The lowest BCUT2D eigenvalue weighted by molar-refractivity contribution is 0.407. The molecule has 0 aliphatic carbocycles. The van der Waals surface area contributed by atoms with Gasteiger partial charge >= 0.3 is 0 Å². The van der Waals surface area contributed by atoms with E-state index in [4.69, 9.17) is 5.73 Å². The van der Waals surface area contributed by atoms with Gasteiger partial charge in [-0.05, 0) is 18.6 Å². The van der Waals surface area contributed by atoms with Gasteiger partial charge in [-0.1, -0.05) is 6.92 Å². The second kappa shape index (κ2) is 4.96. The maximum atomic E-state index is 13.0. The zero-order valence-corrected chi connectivity index (χ0v) is 11.9. The lowest BCUT2D eigenvalue weighted by atomic mass is 9.88. The zero-order chi connectivity index (χ0) is 14.2. The number of nitrogens with zero attached hydrogens (tertiary/aromatic N) is 3. The number of rotatable bonds is 4. The summed E-state index contributed by atoms with van der Waals surface area (Å²) in [5.41, 5.74) is 7.45. The van der Waals surface area contributed by atoms with Crippen LogP contribution in [0.3, 0.4) is 0 Å². The molecule has 20 heavy (non-hydrogen) atoms. The van der Waals surface area contributed by atoms with E-state index in [1.54, 1.807) is 17.4 Å². The van der Waals surface area contributed by atoms with Crippen LogP contribution in [0.25, 0.3) is 4.96 Å². The minimum absolute atomic E-state index is 0.352. The Balaban J connectivity index is 1.92. The molecule has 3 aromatic rings. The number of nitrogens with two attached hydrogens (primary N) is 1. The quantitative estimate of drug-likeness (QED) is 0.804. The van der Waals surface area contributed by atoms with Gasteiger partial charge in [-0.3, -0.25) is 9.38 Å². The minimum Gasteiger partial charge on any atom is -0.320 e. The Labute approximate surface area is 120 Å². The van der Waals surface area contributed by atoms with Crippen molar-refractivity contribution in [3.05, 3.63) is 53.3 Å². The highest BCUT2D eigenvalue weighted by Crippen LogP contribution is 2.25. The first kappa shape index (κ1) is 13.2. The van der Waals surface area contributed by atoms with Crippen LogP contribution in [0.1, 0.15) is 24.7 Å². The molecule has 1 unspecified atom stereocenters. The molecule has 0 aliphatic heterocycles. The van der Waals surface area contributed by atoms with E-state index in [0.29, 0.717) is 18.5 Å². The van der Waals surface area contributed by atoms with Crippen molar-refractivity contribution in [3.63, 3.8) is 0 Å². The number of imidazole rings is 1. The summed E-state index contributed by atoms with van der Waals surface area (Å²) in [6, 6.07) is 3.04. The number of hydrogen-bond acceptors (Lipinski definition) is 4. The molecule has 0 spiro atoms. The van der Waals surface area contributed by atoms with Crippen LogP contribution in [-0.2, 0) is 12.0 Å². The van der Waals surface area contributed by atoms with Gasteiger partial charge < -0.3 is 5.73 Å². The monoisotopic (exact) mass is 290 g/mol. The number of aromatic nitrogens is 3. The van der Waals surface area contributed by atoms with Crippen molar-refractivity contribution in [2.75, 3.05) is 0 Å². The van der Waals surface area contributed by atoms with Crippen LogP contribution < -0.4 is 5.73 Å². The summed E-state index contributed by atoms with van der Waals surface area (Å²) in [6.45, 7) is 2.00. The minimum atomic E-state index is -0.627. The van der Waals surface area contributed by atoms with Gasteiger partial charge in [0.2, 0.25) is 0 Å². The molecule has 0 aromatic carbocycles. The first-order valence-corrected chi connectivity index (χ1v) is 7.31. The van der Waals surface area contributed by atoms with Crippen LogP contribution in [0.15, 0.2) is 36.1 Å². The summed E-state index contributed by atoms with van der Waals surface area (Å²) in [7, 11) is 0. The average molecular weight is 290 g/mol. The number of pyridine rings is 1. The molecule has 0 amide bonds. The van der Waals surface area contributed by atoms with E-state index in [0.717, 1.165) is 10.7 Å². The Morgan fingerprint density at radius 3 is 2.95 bits per heavy atom. The predicted octanol–water partition coefficient (Wildman–Crippen LogP) is 2.74. The number of halogens is 1. The number of hydrogen-bond donors (Lipinski definition) is 1. The van der Waals surface area contributed by atoms with Gasteiger partial charge in [-0.15, -0.1) is 11.3 Å². The van der Waals surface area contributed by atoms with Gasteiger partial charge in [0.1, 0.15) is 5.82 Å². The Bertz CT molecular complexity index is 690. The molecule has 0 saturated heterocycles. The number of thiazole rings is 1. The molecule has 0 radical (unpaired) electrons. The standard InChI is InChI=1S/C14H15FN4S/c1-2-14(16,12-4-3-10(15)8-17-12)7-11-9-19-5-6-20-13(19)18-11/h3-6,8-9H,2,7,16H2,1H3. The third kappa shape index (κ3) is 2.32. The van der Waals surface area contributed by atoms with Crippen molar-refractivity contribution in [2.24, 2.45) is 5.73 Å². The van der Waals surface area contributed by atoms with E-state index in [2.05, 4.69) is 9.97 Å². The highest BCUT2D eigenvalue weighted by molar-refractivity contribution is 7.15. The molecular formula is C14H15FN4S. The van der Waals surface area contributed by atoms with E-state index in [1.165, 1.54) is 12.3 Å². The highest BCUT2D eigenvalue weighted by Gasteiger charge is 2.28. The highest BCUT2D eigenvalue weighted by atomic mass is 32.1. The van der Waals surface area contributed by atoms with Gasteiger partial charge in [0.15, 0.2) is 4.96 Å². The van der Waals surface area contributed by atoms with Crippen LogP contribution in [0.4, 0.5) is 4.39 Å².